The Balaban J connectivity index is 1.75. The van der Waals surface area contributed by atoms with E-state index in [0.29, 0.717) is 11.3 Å². The zero-order valence-electron chi connectivity index (χ0n) is 15.6. The Morgan fingerprint density at radius 1 is 0.821 bits per heavy atom. The highest BCUT2D eigenvalue weighted by Crippen LogP contribution is 2.21. The molecule has 28 heavy (non-hydrogen) atoms. The molecule has 0 saturated carbocycles. The zero-order valence-corrected chi connectivity index (χ0v) is 16.4. The van der Waals surface area contributed by atoms with Crippen molar-refractivity contribution in [2.75, 3.05) is 5.32 Å². The summed E-state index contributed by atoms with van der Waals surface area (Å²) in [5, 5.41) is 3.19. The van der Waals surface area contributed by atoms with Crippen LogP contribution in [-0.2, 0) is 10.0 Å². The Morgan fingerprint density at radius 3 is 2.25 bits per heavy atom. The number of benzene rings is 3. The summed E-state index contributed by atoms with van der Waals surface area (Å²) in [6.07, 6.45) is 0. The second kappa shape index (κ2) is 8.24. The van der Waals surface area contributed by atoms with Gasteiger partial charge in [-0.25, -0.2) is 8.42 Å². The lowest BCUT2D eigenvalue weighted by molar-refractivity contribution is 0.0946. The van der Waals surface area contributed by atoms with Crippen molar-refractivity contribution in [3.63, 3.8) is 0 Å². The number of rotatable bonds is 6. The van der Waals surface area contributed by atoms with Crippen molar-refractivity contribution in [2.45, 2.75) is 18.7 Å². The van der Waals surface area contributed by atoms with Crippen molar-refractivity contribution >= 4 is 27.3 Å². The van der Waals surface area contributed by atoms with Gasteiger partial charge in [0.2, 0.25) is 0 Å². The molecule has 1 amide bonds. The van der Waals surface area contributed by atoms with E-state index in [9.17, 15) is 13.2 Å². The Kier molecular flexibility index (Phi) is 5.77. The third-order valence-corrected chi connectivity index (χ3v) is 5.36. The molecule has 0 radical (unpaired) electrons. The van der Waals surface area contributed by atoms with E-state index in [4.69, 9.17) is 0 Å². The molecule has 0 aliphatic carbocycles. The van der Waals surface area contributed by atoms with Gasteiger partial charge >= 0.3 is 0 Å². The van der Waals surface area contributed by atoms with Gasteiger partial charge in [-0.15, -0.1) is 4.83 Å². The topological polar surface area (TPSA) is 87.3 Å². The smallest absolute Gasteiger partial charge is 0.268 e. The van der Waals surface area contributed by atoms with Gasteiger partial charge in [0.05, 0.1) is 16.1 Å². The average molecular weight is 395 g/mol. The fraction of sp³-hybridized carbons (Fsp3) is 0.0952. The van der Waals surface area contributed by atoms with Gasteiger partial charge in [0.15, 0.2) is 0 Å². The molecule has 0 aliphatic rings. The average Bonchev–Trinajstić information content (AvgIpc) is 2.67. The largest absolute Gasteiger partial charge is 0.355 e. The van der Waals surface area contributed by atoms with Crippen molar-refractivity contribution in [1.29, 1.82) is 0 Å². The Hall–Kier alpha value is -3.16. The molecule has 0 spiro atoms. The first-order valence-electron chi connectivity index (χ1n) is 8.67. The molecular formula is C21H21N3O3S. The van der Waals surface area contributed by atoms with Gasteiger partial charge in [0, 0.05) is 5.69 Å². The molecular weight excluding hydrogens is 374 g/mol. The minimum absolute atomic E-state index is 0.0737. The van der Waals surface area contributed by atoms with E-state index in [-0.39, 0.29) is 4.90 Å². The van der Waals surface area contributed by atoms with E-state index < -0.39 is 15.9 Å². The molecule has 0 aromatic heterocycles. The van der Waals surface area contributed by atoms with Gasteiger partial charge < -0.3 is 5.32 Å². The van der Waals surface area contributed by atoms with E-state index in [0.717, 1.165) is 16.8 Å². The van der Waals surface area contributed by atoms with Gasteiger partial charge in [-0.1, -0.05) is 42.0 Å². The summed E-state index contributed by atoms with van der Waals surface area (Å²) in [5.41, 5.74) is 6.02. The number of carbonyl (C=O) groups excluding carboxylic acids is 1. The fourth-order valence-electron chi connectivity index (χ4n) is 2.63. The zero-order chi connectivity index (χ0) is 20.1. The highest BCUT2D eigenvalue weighted by atomic mass is 32.2. The van der Waals surface area contributed by atoms with Gasteiger partial charge in [0.25, 0.3) is 15.9 Å². The first-order chi connectivity index (χ1) is 13.3. The van der Waals surface area contributed by atoms with E-state index in [1.165, 1.54) is 12.1 Å². The van der Waals surface area contributed by atoms with E-state index in [2.05, 4.69) is 15.6 Å². The van der Waals surface area contributed by atoms with Crippen LogP contribution in [0.4, 0.5) is 11.4 Å². The lowest BCUT2D eigenvalue weighted by Gasteiger charge is -2.13. The monoisotopic (exact) mass is 395 g/mol. The lowest BCUT2D eigenvalue weighted by Crippen LogP contribution is -2.41. The number of sulfonamides is 1. The summed E-state index contributed by atoms with van der Waals surface area (Å²) in [6.45, 7) is 3.84. The van der Waals surface area contributed by atoms with Crippen LogP contribution in [-0.4, -0.2) is 14.3 Å². The van der Waals surface area contributed by atoms with Crippen LogP contribution >= 0.6 is 0 Å². The van der Waals surface area contributed by atoms with E-state index in [1.54, 1.807) is 36.4 Å². The maximum absolute atomic E-state index is 12.6. The van der Waals surface area contributed by atoms with E-state index >= 15 is 0 Å². The first-order valence-corrected chi connectivity index (χ1v) is 10.1. The minimum Gasteiger partial charge on any atom is -0.355 e. The van der Waals surface area contributed by atoms with E-state index in [1.807, 2.05) is 38.1 Å². The highest BCUT2D eigenvalue weighted by Gasteiger charge is 2.17. The van der Waals surface area contributed by atoms with Gasteiger partial charge in [-0.05, 0) is 55.8 Å². The first kappa shape index (κ1) is 19.6. The van der Waals surface area contributed by atoms with Crippen LogP contribution in [0.25, 0.3) is 0 Å². The molecule has 0 unspecified atom stereocenters. The molecule has 3 aromatic carbocycles. The number of hydrazine groups is 1. The van der Waals surface area contributed by atoms with Crippen molar-refractivity contribution in [1.82, 2.24) is 10.3 Å². The molecule has 3 aromatic rings. The van der Waals surface area contributed by atoms with Crippen LogP contribution in [0, 0.1) is 13.8 Å². The third-order valence-electron chi connectivity index (χ3n) is 4.10. The lowest BCUT2D eigenvalue weighted by atomic mass is 10.1. The van der Waals surface area contributed by atoms with Crippen LogP contribution in [0.1, 0.15) is 21.5 Å². The number of hydrogen-bond donors (Lipinski definition) is 3. The van der Waals surface area contributed by atoms with Gasteiger partial charge in [-0.3, -0.25) is 10.2 Å². The van der Waals surface area contributed by atoms with Crippen LogP contribution in [0.5, 0.6) is 0 Å². The SMILES string of the molecule is Cc1ccc(S(=O)(=O)NNC(=O)c2ccccc2Nc2cccc(C)c2)cc1. The summed E-state index contributed by atoms with van der Waals surface area (Å²) in [6, 6.07) is 21.0. The summed E-state index contributed by atoms with van der Waals surface area (Å²) in [5.74, 6) is -0.563. The highest BCUT2D eigenvalue weighted by molar-refractivity contribution is 7.89. The number of para-hydroxylation sites is 1. The number of amides is 1. The van der Waals surface area contributed by atoms with Crippen LogP contribution in [0.3, 0.4) is 0 Å². The summed E-state index contributed by atoms with van der Waals surface area (Å²) < 4.78 is 24.7. The molecule has 3 N–H and O–H groups in total. The Labute approximate surface area is 164 Å². The standard InChI is InChI=1S/C21H21N3O3S/c1-15-10-12-18(13-11-15)28(26,27)24-23-21(25)19-8-3-4-9-20(19)22-17-7-5-6-16(2)14-17/h3-14,22,24H,1-2H3,(H,23,25). The maximum Gasteiger partial charge on any atom is 0.268 e. The molecule has 144 valence electrons. The van der Waals surface area contributed by atoms with Crippen LogP contribution in [0.2, 0.25) is 0 Å². The number of aryl methyl sites for hydroxylation is 2. The van der Waals surface area contributed by atoms with Crippen molar-refractivity contribution in [3.8, 4) is 0 Å². The van der Waals surface area contributed by atoms with Crippen molar-refractivity contribution < 1.29 is 13.2 Å². The molecule has 0 saturated heterocycles. The Bertz CT molecular complexity index is 1090. The minimum atomic E-state index is -3.86. The third kappa shape index (κ3) is 4.76. The molecule has 3 rings (SSSR count). The number of anilines is 2. The maximum atomic E-state index is 12.6. The Morgan fingerprint density at radius 2 is 1.54 bits per heavy atom. The summed E-state index contributed by atoms with van der Waals surface area (Å²) in [7, 11) is -3.86. The summed E-state index contributed by atoms with van der Waals surface area (Å²) in [4.78, 5) is 14.8. The number of nitrogens with one attached hydrogen (secondary N) is 3. The predicted molar refractivity (Wildman–Crippen MR) is 110 cm³/mol. The quantitative estimate of drug-likeness (QED) is 0.556. The number of carbonyl (C=O) groups is 1. The molecule has 0 atom stereocenters. The molecule has 0 bridgehead atoms. The molecule has 0 heterocycles. The molecule has 0 aliphatic heterocycles. The predicted octanol–water partition coefficient (Wildman–Crippen LogP) is 3.67. The van der Waals surface area contributed by atoms with Crippen LogP contribution < -0.4 is 15.6 Å². The number of hydrogen-bond acceptors (Lipinski definition) is 4. The van der Waals surface area contributed by atoms with Crippen LogP contribution in [0.15, 0.2) is 77.7 Å². The fourth-order valence-corrected chi connectivity index (χ4v) is 3.46. The van der Waals surface area contributed by atoms with Gasteiger partial charge in [-0.2, -0.15) is 0 Å². The molecule has 6 nitrogen and oxygen atoms in total. The normalized spacial score (nSPS) is 11.1. The second-order valence-electron chi connectivity index (χ2n) is 6.41. The van der Waals surface area contributed by atoms with Gasteiger partial charge in [0.1, 0.15) is 0 Å². The summed E-state index contributed by atoms with van der Waals surface area (Å²) >= 11 is 0. The van der Waals surface area contributed by atoms with Crippen molar-refractivity contribution in [3.05, 3.63) is 89.5 Å². The van der Waals surface area contributed by atoms with Crippen molar-refractivity contribution in [2.24, 2.45) is 0 Å². The second-order valence-corrected chi connectivity index (χ2v) is 8.10. The molecule has 7 heteroatoms. The molecule has 0 fully saturated rings.